The van der Waals surface area contributed by atoms with Gasteiger partial charge < -0.3 is 15.4 Å². The van der Waals surface area contributed by atoms with Crippen LogP contribution in [0.3, 0.4) is 0 Å². The number of nitrogens with two attached hydrogens (primary N) is 1. The van der Waals surface area contributed by atoms with Crippen LogP contribution in [0.15, 0.2) is 42.6 Å². The third-order valence-electron chi connectivity index (χ3n) is 2.84. The number of amidine groups is 1. The van der Waals surface area contributed by atoms with E-state index in [9.17, 15) is 0 Å². The van der Waals surface area contributed by atoms with Crippen LogP contribution in [0.2, 0.25) is 0 Å². The number of nitrogen functional groups attached to an aromatic ring is 1. The number of hydrogen-bond acceptors (Lipinski definition) is 4. The Bertz CT molecular complexity index is 598. The fourth-order valence-electron chi connectivity index (χ4n) is 1.83. The lowest BCUT2D eigenvalue weighted by Gasteiger charge is -2.21. The van der Waals surface area contributed by atoms with Crippen molar-refractivity contribution >= 4 is 17.2 Å². The fourth-order valence-corrected chi connectivity index (χ4v) is 1.83. The van der Waals surface area contributed by atoms with Crippen molar-refractivity contribution < 1.29 is 4.74 Å². The second-order valence-corrected chi connectivity index (χ2v) is 4.05. The van der Waals surface area contributed by atoms with Crippen molar-refractivity contribution in [2.75, 3.05) is 19.1 Å². The highest BCUT2D eigenvalue weighted by atomic mass is 16.5. The molecule has 0 spiro atoms. The molecule has 2 aromatic rings. The lowest BCUT2D eigenvalue weighted by molar-refractivity contribution is 0.415. The van der Waals surface area contributed by atoms with Crippen molar-refractivity contribution in [3.05, 3.63) is 48.3 Å². The summed E-state index contributed by atoms with van der Waals surface area (Å²) in [7, 11) is 3.53. The van der Waals surface area contributed by atoms with E-state index in [0.717, 1.165) is 17.1 Å². The number of nitrogens with zero attached hydrogens (tertiary/aromatic N) is 2. The van der Waals surface area contributed by atoms with Gasteiger partial charge in [-0.05, 0) is 24.3 Å². The summed E-state index contributed by atoms with van der Waals surface area (Å²) in [5.41, 5.74) is 7.74. The first kappa shape index (κ1) is 12.9. The molecule has 19 heavy (non-hydrogen) atoms. The number of hydrogen-bond donors (Lipinski definition) is 2. The maximum Gasteiger partial charge on any atom is 0.143 e. The minimum absolute atomic E-state index is 0.0506. The molecule has 5 nitrogen and oxygen atoms in total. The molecule has 0 bridgehead atoms. The number of pyridine rings is 1. The smallest absolute Gasteiger partial charge is 0.143 e. The SMILES string of the molecule is COc1cccc(N(C)c2cccnc2C(=N)N)c1. The summed E-state index contributed by atoms with van der Waals surface area (Å²) in [6, 6.07) is 11.4. The van der Waals surface area contributed by atoms with Crippen LogP contribution in [0.25, 0.3) is 0 Å². The highest BCUT2D eigenvalue weighted by Crippen LogP contribution is 2.28. The van der Waals surface area contributed by atoms with Crippen LogP contribution in [0.1, 0.15) is 5.69 Å². The molecule has 3 N–H and O–H groups in total. The Morgan fingerprint density at radius 1 is 1.32 bits per heavy atom. The molecular weight excluding hydrogens is 240 g/mol. The Morgan fingerprint density at radius 3 is 2.79 bits per heavy atom. The molecule has 1 aromatic carbocycles. The van der Waals surface area contributed by atoms with Gasteiger partial charge in [0, 0.05) is 25.0 Å². The molecule has 0 atom stereocenters. The maximum atomic E-state index is 7.57. The number of ether oxygens (including phenoxy) is 1. The largest absolute Gasteiger partial charge is 0.497 e. The molecule has 0 aliphatic carbocycles. The first-order valence-corrected chi connectivity index (χ1v) is 5.80. The summed E-state index contributed by atoms with van der Waals surface area (Å²) in [6.07, 6.45) is 1.62. The van der Waals surface area contributed by atoms with Crippen LogP contribution < -0.4 is 15.4 Å². The van der Waals surface area contributed by atoms with Gasteiger partial charge in [0.05, 0.1) is 12.8 Å². The summed E-state index contributed by atoms with van der Waals surface area (Å²) in [5, 5.41) is 7.57. The monoisotopic (exact) mass is 256 g/mol. The number of rotatable bonds is 4. The van der Waals surface area contributed by atoms with Crippen LogP contribution >= 0.6 is 0 Å². The van der Waals surface area contributed by atoms with E-state index in [1.807, 2.05) is 48.3 Å². The third-order valence-corrected chi connectivity index (χ3v) is 2.84. The van der Waals surface area contributed by atoms with Crippen LogP contribution in [-0.2, 0) is 0 Å². The van der Waals surface area contributed by atoms with Crippen LogP contribution in [0.4, 0.5) is 11.4 Å². The van der Waals surface area contributed by atoms with E-state index in [1.54, 1.807) is 13.3 Å². The van der Waals surface area contributed by atoms with E-state index in [2.05, 4.69) is 4.98 Å². The second-order valence-electron chi connectivity index (χ2n) is 4.05. The molecule has 0 radical (unpaired) electrons. The van der Waals surface area contributed by atoms with Crippen molar-refractivity contribution in [3.63, 3.8) is 0 Å². The Balaban J connectivity index is 2.43. The molecule has 0 saturated carbocycles. The molecule has 1 aromatic heterocycles. The number of methoxy groups -OCH3 is 1. The third kappa shape index (κ3) is 2.65. The predicted octanol–water partition coefficient (Wildman–Crippen LogP) is 2.14. The molecule has 0 fully saturated rings. The molecule has 0 unspecified atom stereocenters. The van der Waals surface area contributed by atoms with Gasteiger partial charge in [-0.1, -0.05) is 6.07 Å². The normalized spacial score (nSPS) is 10.0. The first-order valence-electron chi connectivity index (χ1n) is 5.80. The maximum absolute atomic E-state index is 7.57. The Kier molecular flexibility index (Phi) is 3.66. The second kappa shape index (κ2) is 5.39. The van der Waals surface area contributed by atoms with Crippen molar-refractivity contribution in [1.82, 2.24) is 4.98 Å². The first-order chi connectivity index (χ1) is 9.13. The lowest BCUT2D eigenvalue weighted by Crippen LogP contribution is -2.19. The van der Waals surface area contributed by atoms with E-state index in [-0.39, 0.29) is 5.84 Å². The Labute approximate surface area is 112 Å². The molecule has 0 amide bonds. The van der Waals surface area contributed by atoms with Gasteiger partial charge in [0.1, 0.15) is 17.3 Å². The number of aromatic nitrogens is 1. The minimum Gasteiger partial charge on any atom is -0.497 e. The zero-order chi connectivity index (χ0) is 13.8. The molecule has 1 heterocycles. The van der Waals surface area contributed by atoms with E-state index in [0.29, 0.717) is 5.69 Å². The quantitative estimate of drug-likeness (QED) is 0.649. The molecule has 0 saturated heterocycles. The topological polar surface area (TPSA) is 75.2 Å². The zero-order valence-corrected chi connectivity index (χ0v) is 10.9. The van der Waals surface area contributed by atoms with E-state index in [1.165, 1.54) is 0 Å². The molecule has 0 aliphatic heterocycles. The van der Waals surface area contributed by atoms with Crippen molar-refractivity contribution in [2.24, 2.45) is 5.73 Å². The van der Waals surface area contributed by atoms with Crippen molar-refractivity contribution in [3.8, 4) is 5.75 Å². The Morgan fingerprint density at radius 2 is 2.11 bits per heavy atom. The molecule has 98 valence electrons. The van der Waals surface area contributed by atoms with E-state index in [4.69, 9.17) is 15.9 Å². The van der Waals surface area contributed by atoms with Crippen molar-refractivity contribution in [2.45, 2.75) is 0 Å². The van der Waals surface area contributed by atoms with Crippen molar-refractivity contribution in [1.29, 1.82) is 5.41 Å². The van der Waals surface area contributed by atoms with Gasteiger partial charge in [0.2, 0.25) is 0 Å². The highest BCUT2D eigenvalue weighted by molar-refractivity contribution is 5.99. The highest BCUT2D eigenvalue weighted by Gasteiger charge is 2.12. The minimum atomic E-state index is -0.0506. The number of nitrogens with one attached hydrogen (secondary N) is 1. The summed E-state index contributed by atoms with van der Waals surface area (Å²) in [5.74, 6) is 0.725. The van der Waals surface area contributed by atoms with Crippen LogP contribution in [0.5, 0.6) is 5.75 Å². The van der Waals surface area contributed by atoms with E-state index >= 15 is 0 Å². The van der Waals surface area contributed by atoms with Gasteiger partial charge in [-0.2, -0.15) is 0 Å². The van der Waals surface area contributed by atoms with Crippen LogP contribution in [0, 0.1) is 5.41 Å². The number of benzene rings is 1. The standard InChI is InChI=1S/C14H16N4O/c1-18(10-5-3-6-11(9-10)19-2)12-7-4-8-17-13(12)14(15)16/h3-9H,1-2H3,(H3,15,16). The summed E-state index contributed by atoms with van der Waals surface area (Å²) < 4.78 is 5.21. The summed E-state index contributed by atoms with van der Waals surface area (Å²) in [6.45, 7) is 0. The van der Waals surface area contributed by atoms with Gasteiger partial charge in [-0.3, -0.25) is 10.4 Å². The molecule has 5 heteroatoms. The summed E-state index contributed by atoms with van der Waals surface area (Å²) in [4.78, 5) is 6.07. The van der Waals surface area contributed by atoms with Gasteiger partial charge in [0.25, 0.3) is 0 Å². The van der Waals surface area contributed by atoms with Gasteiger partial charge >= 0.3 is 0 Å². The average Bonchev–Trinajstić information content (AvgIpc) is 2.46. The van der Waals surface area contributed by atoms with Gasteiger partial charge in [-0.25, -0.2) is 0 Å². The van der Waals surface area contributed by atoms with Gasteiger partial charge in [0.15, 0.2) is 0 Å². The number of anilines is 2. The fraction of sp³-hybridized carbons (Fsp3) is 0.143. The van der Waals surface area contributed by atoms with Crippen LogP contribution in [-0.4, -0.2) is 25.0 Å². The lowest BCUT2D eigenvalue weighted by atomic mass is 10.2. The predicted molar refractivity (Wildman–Crippen MR) is 76.3 cm³/mol. The molecule has 0 aliphatic rings. The zero-order valence-electron chi connectivity index (χ0n) is 10.9. The molecule has 2 rings (SSSR count). The van der Waals surface area contributed by atoms with E-state index < -0.39 is 0 Å². The van der Waals surface area contributed by atoms with Gasteiger partial charge in [-0.15, -0.1) is 0 Å². The molecular formula is C14H16N4O. The average molecular weight is 256 g/mol. The Hall–Kier alpha value is -2.56. The summed E-state index contributed by atoms with van der Waals surface area (Å²) >= 11 is 0.